The van der Waals surface area contributed by atoms with Crippen LogP contribution >= 0.6 is 23.2 Å². The van der Waals surface area contributed by atoms with E-state index in [1.54, 1.807) is 84.9 Å². The van der Waals surface area contributed by atoms with Crippen molar-refractivity contribution >= 4 is 92.0 Å². The summed E-state index contributed by atoms with van der Waals surface area (Å²) in [6.45, 7) is 0. The molecule has 0 bridgehead atoms. The number of carbonyl (C=O) groups is 6. The summed E-state index contributed by atoms with van der Waals surface area (Å²) in [6.07, 6.45) is 0. The monoisotopic (exact) mass is 832 g/mol. The third-order valence-corrected chi connectivity index (χ3v) is 11.0. The van der Waals surface area contributed by atoms with Crippen LogP contribution in [0, 0.1) is 22.7 Å². The highest BCUT2D eigenvalue weighted by molar-refractivity contribution is 6.48. The van der Waals surface area contributed by atoms with Crippen molar-refractivity contribution in [3.05, 3.63) is 173 Å². The Hall–Kier alpha value is -8.30. The molecule has 0 saturated carbocycles. The molecule has 3 aliphatic rings. The van der Waals surface area contributed by atoms with Gasteiger partial charge in [0.2, 0.25) is 0 Å². The van der Waals surface area contributed by atoms with Gasteiger partial charge in [-0.25, -0.2) is 0 Å². The van der Waals surface area contributed by atoms with E-state index >= 15 is 0 Å². The van der Waals surface area contributed by atoms with Crippen LogP contribution in [0.3, 0.4) is 0 Å². The minimum atomic E-state index is -0.476. The molecule has 292 valence electrons. The lowest BCUT2D eigenvalue weighted by atomic mass is 9.80. The molecular weight excluding hydrogens is 807 g/mol. The van der Waals surface area contributed by atoms with E-state index in [-0.39, 0.29) is 134 Å². The number of nitriles is 2. The van der Waals surface area contributed by atoms with Crippen LogP contribution < -0.4 is 34.4 Å². The second-order valence-corrected chi connectivity index (χ2v) is 14.1. The predicted octanol–water partition coefficient (Wildman–Crippen LogP) is 5.93. The topological polar surface area (TPSA) is 306 Å². The van der Waals surface area contributed by atoms with Gasteiger partial charge in [0.15, 0.2) is 34.7 Å². The molecule has 60 heavy (non-hydrogen) atoms. The van der Waals surface area contributed by atoms with E-state index in [9.17, 15) is 39.3 Å². The second-order valence-electron chi connectivity index (χ2n) is 13.4. The van der Waals surface area contributed by atoms with Crippen molar-refractivity contribution in [1.29, 1.82) is 10.5 Å². The fraction of sp³-hybridized carbons (Fsp3) is 0. The number of benzene rings is 6. The molecule has 0 spiro atoms. The molecule has 0 amide bonds. The van der Waals surface area contributed by atoms with Gasteiger partial charge >= 0.3 is 0 Å². The molecule has 0 radical (unpaired) electrons. The van der Waals surface area contributed by atoms with Gasteiger partial charge in [0.25, 0.3) is 0 Å². The van der Waals surface area contributed by atoms with Crippen molar-refractivity contribution in [2.24, 2.45) is 0 Å². The Bertz CT molecular complexity index is 2920. The van der Waals surface area contributed by atoms with Crippen LogP contribution in [0.5, 0.6) is 0 Å². The van der Waals surface area contributed by atoms with E-state index in [1.165, 1.54) is 12.1 Å². The average Bonchev–Trinajstić information content (AvgIpc) is 3.26. The lowest BCUT2D eigenvalue weighted by Crippen LogP contribution is -2.25. The summed E-state index contributed by atoms with van der Waals surface area (Å²) in [5, 5.41) is 18.3. The number of halogens is 2. The zero-order valence-corrected chi connectivity index (χ0v) is 32.2. The number of hydrogen-bond acceptors (Lipinski definition) is 14. The molecule has 0 saturated heterocycles. The summed E-state index contributed by atoms with van der Waals surface area (Å²) in [5.74, 6) is -2.20. The van der Waals surface area contributed by atoms with Crippen molar-refractivity contribution in [3.8, 4) is 12.1 Å². The number of nitrogens with zero attached hydrogens (tertiary/aromatic N) is 2. The van der Waals surface area contributed by atoms with Crippen LogP contribution in [0.15, 0.2) is 84.9 Å². The Balaban J connectivity index is 0.000000137. The van der Waals surface area contributed by atoms with E-state index in [0.29, 0.717) is 11.1 Å². The smallest absolute Gasteiger partial charge is 0.196 e. The zero-order valence-electron chi connectivity index (χ0n) is 30.6. The van der Waals surface area contributed by atoms with Crippen molar-refractivity contribution in [3.63, 3.8) is 0 Å². The van der Waals surface area contributed by atoms with E-state index in [4.69, 9.17) is 57.6 Å². The Kier molecular flexibility index (Phi) is 9.91. The highest BCUT2D eigenvalue weighted by Gasteiger charge is 2.37. The SMILES string of the molecule is N#Cc1c(N)c2c(c(N)c1C#N)C(=O)c1ccccc1C2=O.Nc1c(Cl)c(Cl)c(N)c2c1C(=O)c1ccccc1C2=O.Nc1ccc(N)c2c1C(=O)c1ccccc1C2=O. The van der Waals surface area contributed by atoms with E-state index < -0.39 is 11.6 Å². The van der Waals surface area contributed by atoms with Gasteiger partial charge in [-0.3, -0.25) is 28.8 Å². The molecule has 3 aliphatic carbocycles. The lowest BCUT2D eigenvalue weighted by Gasteiger charge is -2.22. The van der Waals surface area contributed by atoms with Crippen molar-refractivity contribution in [1.82, 2.24) is 0 Å². The molecule has 14 nitrogen and oxygen atoms in total. The Labute approximate surface area is 349 Å². The predicted molar refractivity (Wildman–Crippen MR) is 225 cm³/mol. The summed E-state index contributed by atoms with van der Waals surface area (Å²) in [5.41, 5.74) is 36.8. The average molecular weight is 834 g/mol. The van der Waals surface area contributed by atoms with Gasteiger partial charge in [0.05, 0.1) is 77.3 Å². The lowest BCUT2D eigenvalue weighted by molar-refractivity contribution is 0.0980. The number of carbonyl (C=O) groups excluding carboxylic acids is 6. The van der Waals surface area contributed by atoms with E-state index in [0.717, 1.165) is 0 Å². The van der Waals surface area contributed by atoms with Crippen LogP contribution in [0.1, 0.15) is 107 Å². The zero-order chi connectivity index (χ0) is 43.5. The highest BCUT2D eigenvalue weighted by Crippen LogP contribution is 2.44. The van der Waals surface area contributed by atoms with Gasteiger partial charge in [-0.15, -0.1) is 0 Å². The van der Waals surface area contributed by atoms with Gasteiger partial charge in [-0.05, 0) is 12.1 Å². The summed E-state index contributed by atoms with van der Waals surface area (Å²) in [6, 6.07) is 26.1. The van der Waals surface area contributed by atoms with Crippen molar-refractivity contribution < 1.29 is 28.8 Å². The molecule has 0 aliphatic heterocycles. The van der Waals surface area contributed by atoms with Crippen LogP contribution in [0.25, 0.3) is 0 Å². The minimum Gasteiger partial charge on any atom is -0.398 e. The van der Waals surface area contributed by atoms with E-state index in [1.807, 2.05) is 0 Å². The largest absolute Gasteiger partial charge is 0.398 e. The maximum atomic E-state index is 12.6. The van der Waals surface area contributed by atoms with Crippen LogP contribution in [0.4, 0.5) is 34.1 Å². The first-order chi connectivity index (χ1) is 28.6. The number of ketones is 6. The second kappa shape index (κ2) is 14.9. The normalized spacial score (nSPS) is 12.7. The first-order valence-electron chi connectivity index (χ1n) is 17.4. The van der Waals surface area contributed by atoms with Crippen LogP contribution in [-0.2, 0) is 0 Å². The maximum Gasteiger partial charge on any atom is 0.196 e. The fourth-order valence-electron chi connectivity index (χ4n) is 7.26. The number of anilines is 6. The summed E-state index contributed by atoms with van der Waals surface area (Å²) < 4.78 is 0. The van der Waals surface area contributed by atoms with Crippen molar-refractivity contribution in [2.75, 3.05) is 34.4 Å². The number of hydrogen-bond donors (Lipinski definition) is 6. The van der Waals surface area contributed by atoms with Crippen LogP contribution in [0.2, 0.25) is 10.0 Å². The quantitative estimate of drug-likeness (QED) is 0.0965. The van der Waals surface area contributed by atoms with Gasteiger partial charge in [0.1, 0.15) is 12.1 Å². The van der Waals surface area contributed by atoms with Gasteiger partial charge in [-0.2, -0.15) is 10.5 Å². The molecule has 0 heterocycles. The molecule has 0 atom stereocenters. The van der Waals surface area contributed by atoms with Gasteiger partial charge in [0, 0.05) is 44.8 Å². The molecule has 16 heteroatoms. The molecule has 0 aromatic heterocycles. The van der Waals surface area contributed by atoms with Gasteiger partial charge < -0.3 is 34.4 Å². The van der Waals surface area contributed by atoms with Gasteiger partial charge in [-0.1, -0.05) is 96.0 Å². The number of rotatable bonds is 0. The standard InChI is InChI=1S/C16H8N4O2.C14H8Cl2N2O2.C14H10N2O2/c17-5-9-10(6-18)14(20)12-11(13(9)19)15(21)7-3-1-2-4-8(7)16(12)22;15-9-10(16)12(18)8-7(11(9)17)13(19)5-3-1-2-4-6(5)14(8)20;15-9-5-6-10(16)12-11(9)13(17)7-3-1-2-4-8(7)14(12)18/h1-4H,19-20H2;1-4H,17-18H2;1-6H,15-16H2. The third kappa shape index (κ3) is 5.87. The minimum absolute atomic E-state index is 0.0107. The Morgan fingerprint density at radius 2 is 0.567 bits per heavy atom. The summed E-state index contributed by atoms with van der Waals surface area (Å²) >= 11 is 11.9. The number of nitrogen functional groups attached to an aromatic ring is 6. The first kappa shape index (κ1) is 39.9. The maximum absolute atomic E-state index is 12.6. The summed E-state index contributed by atoms with van der Waals surface area (Å²) in [4.78, 5) is 74.9. The number of fused-ring (bicyclic) bond motifs is 6. The third-order valence-electron chi connectivity index (χ3n) is 10.1. The van der Waals surface area contributed by atoms with Crippen molar-refractivity contribution in [2.45, 2.75) is 0 Å². The summed E-state index contributed by atoms with van der Waals surface area (Å²) in [7, 11) is 0. The molecule has 9 rings (SSSR count). The molecule has 6 aromatic rings. The highest BCUT2D eigenvalue weighted by atomic mass is 35.5. The fourth-order valence-corrected chi connectivity index (χ4v) is 7.65. The van der Waals surface area contributed by atoms with E-state index in [2.05, 4.69) is 0 Å². The van der Waals surface area contributed by atoms with Crippen LogP contribution in [-0.4, -0.2) is 34.7 Å². The number of nitrogens with two attached hydrogens (primary N) is 6. The molecular formula is C44H26Cl2N8O6. The molecule has 12 N–H and O–H groups in total. The molecule has 0 unspecified atom stereocenters. The molecule has 0 fully saturated rings. The first-order valence-corrected chi connectivity index (χ1v) is 18.2. The Morgan fingerprint density at radius 3 is 0.800 bits per heavy atom. The Morgan fingerprint density at radius 1 is 0.350 bits per heavy atom. The molecule has 6 aromatic carbocycles.